The molecule has 1 N–H and O–H groups in total. The zero-order valence-electron chi connectivity index (χ0n) is 22.1. The molecule has 9 nitrogen and oxygen atoms in total. The lowest BCUT2D eigenvalue weighted by molar-refractivity contribution is -0.0583. The molecular weight excluding hydrogens is 500 g/mol. The molecule has 1 aliphatic carbocycles. The van der Waals surface area contributed by atoms with Crippen LogP contribution < -0.4 is 11.2 Å². The van der Waals surface area contributed by atoms with Crippen molar-refractivity contribution in [2.45, 2.75) is 70.3 Å². The smallest absolute Gasteiger partial charge is 0.338 e. The fourth-order valence-electron chi connectivity index (χ4n) is 5.21. The molecule has 1 saturated heterocycles. The summed E-state index contributed by atoms with van der Waals surface area (Å²) in [6.45, 7) is 3.67. The molecule has 2 fully saturated rings. The van der Waals surface area contributed by atoms with Gasteiger partial charge < -0.3 is 14.2 Å². The van der Waals surface area contributed by atoms with Gasteiger partial charge >= 0.3 is 17.6 Å². The summed E-state index contributed by atoms with van der Waals surface area (Å²) in [5, 5.41) is 0. The second-order valence-electron chi connectivity index (χ2n) is 10.4. The number of aryl methyl sites for hydroxylation is 2. The van der Waals surface area contributed by atoms with Crippen molar-refractivity contribution in [3.63, 3.8) is 0 Å². The van der Waals surface area contributed by atoms with Crippen LogP contribution in [0.3, 0.4) is 0 Å². The molecule has 2 aliphatic rings. The Morgan fingerprint density at radius 1 is 0.923 bits per heavy atom. The van der Waals surface area contributed by atoms with Crippen molar-refractivity contribution in [2.75, 3.05) is 6.61 Å². The van der Waals surface area contributed by atoms with Gasteiger partial charge in [-0.25, -0.2) is 14.4 Å². The van der Waals surface area contributed by atoms with Gasteiger partial charge in [0.2, 0.25) is 0 Å². The standard InChI is InChI=1S/C30H32N2O7/c1-18-7-11-21(12-8-18)28(34)37-17-25-24(39-29(35)22-13-9-19(2)10-14-22)15-26(38-25)32-16-23(20-5-3-4-6-20)27(33)31-30(32)36/h7-14,16,20,24-26H,3-6,15,17H2,1-2H3,(H,31,33,36)/t24-,25+,26+/m0/s1. The third kappa shape index (κ3) is 6.04. The van der Waals surface area contributed by atoms with E-state index in [0.29, 0.717) is 16.7 Å². The van der Waals surface area contributed by atoms with Crippen LogP contribution in [0.5, 0.6) is 0 Å². The molecule has 3 aromatic rings. The van der Waals surface area contributed by atoms with Crippen LogP contribution in [0.25, 0.3) is 0 Å². The van der Waals surface area contributed by atoms with Crippen molar-refractivity contribution in [3.8, 4) is 0 Å². The minimum absolute atomic E-state index is 0.0865. The molecule has 3 atom stereocenters. The Kier molecular flexibility index (Phi) is 7.79. The Labute approximate surface area is 225 Å². The Morgan fingerprint density at radius 2 is 1.51 bits per heavy atom. The van der Waals surface area contributed by atoms with Gasteiger partial charge in [0.1, 0.15) is 25.0 Å². The molecule has 9 heteroatoms. The number of H-pyrrole nitrogens is 1. The lowest BCUT2D eigenvalue weighted by Crippen LogP contribution is -2.35. The zero-order chi connectivity index (χ0) is 27.5. The number of benzene rings is 2. The SMILES string of the molecule is Cc1ccc(C(=O)OC[C@H]2O[C@@H](n3cc(C4CCCC4)c(=O)[nH]c3=O)C[C@@H]2OC(=O)c2ccc(C)cc2)cc1. The topological polar surface area (TPSA) is 117 Å². The third-order valence-electron chi connectivity index (χ3n) is 7.49. The maximum atomic E-state index is 12.9. The van der Waals surface area contributed by atoms with E-state index >= 15 is 0 Å². The molecule has 204 valence electrons. The second kappa shape index (κ2) is 11.4. The van der Waals surface area contributed by atoms with Crippen molar-refractivity contribution < 1.29 is 23.8 Å². The van der Waals surface area contributed by atoms with Gasteiger partial charge in [0.25, 0.3) is 5.56 Å². The monoisotopic (exact) mass is 532 g/mol. The van der Waals surface area contributed by atoms with Gasteiger partial charge in [0, 0.05) is 18.2 Å². The van der Waals surface area contributed by atoms with Gasteiger partial charge in [0.15, 0.2) is 0 Å². The van der Waals surface area contributed by atoms with Crippen molar-refractivity contribution in [1.29, 1.82) is 0 Å². The first-order chi connectivity index (χ1) is 18.8. The molecular formula is C30H32N2O7. The minimum Gasteiger partial charge on any atom is -0.459 e. The Morgan fingerprint density at radius 3 is 2.13 bits per heavy atom. The minimum atomic E-state index is -0.812. The number of carbonyl (C=O) groups excluding carboxylic acids is 2. The molecule has 5 rings (SSSR count). The Bertz CT molecular complexity index is 1450. The molecule has 0 spiro atoms. The van der Waals surface area contributed by atoms with Crippen molar-refractivity contribution in [1.82, 2.24) is 9.55 Å². The van der Waals surface area contributed by atoms with Crippen LogP contribution in [-0.4, -0.2) is 40.3 Å². The second-order valence-corrected chi connectivity index (χ2v) is 10.4. The van der Waals surface area contributed by atoms with E-state index in [-0.39, 0.29) is 24.5 Å². The van der Waals surface area contributed by atoms with E-state index in [4.69, 9.17) is 14.2 Å². The molecule has 0 bridgehead atoms. The summed E-state index contributed by atoms with van der Waals surface area (Å²) < 4.78 is 18.8. The largest absolute Gasteiger partial charge is 0.459 e. The predicted octanol–water partition coefficient (Wildman–Crippen LogP) is 4.18. The van der Waals surface area contributed by atoms with Crippen LogP contribution in [0.1, 0.15) is 81.7 Å². The van der Waals surface area contributed by atoms with Crippen LogP contribution in [-0.2, 0) is 14.2 Å². The summed E-state index contributed by atoms with van der Waals surface area (Å²) in [5.74, 6) is -0.988. The Balaban J connectivity index is 1.37. The Hall–Kier alpha value is -3.98. The van der Waals surface area contributed by atoms with Crippen LogP contribution >= 0.6 is 0 Å². The zero-order valence-corrected chi connectivity index (χ0v) is 22.1. The van der Waals surface area contributed by atoms with E-state index < -0.39 is 36.1 Å². The molecule has 39 heavy (non-hydrogen) atoms. The van der Waals surface area contributed by atoms with Gasteiger partial charge in [0.05, 0.1) is 11.1 Å². The van der Waals surface area contributed by atoms with Crippen molar-refractivity contribution in [2.24, 2.45) is 0 Å². The van der Waals surface area contributed by atoms with E-state index in [2.05, 4.69) is 4.98 Å². The summed E-state index contributed by atoms with van der Waals surface area (Å²) in [4.78, 5) is 53.3. The number of aromatic amines is 1. The van der Waals surface area contributed by atoms with E-state index in [1.165, 1.54) is 4.57 Å². The van der Waals surface area contributed by atoms with Gasteiger partial charge in [-0.2, -0.15) is 0 Å². The number of aromatic nitrogens is 2. The summed E-state index contributed by atoms with van der Waals surface area (Å²) >= 11 is 0. The maximum absolute atomic E-state index is 12.9. The molecule has 0 unspecified atom stereocenters. The fourth-order valence-corrected chi connectivity index (χ4v) is 5.21. The van der Waals surface area contributed by atoms with Crippen LogP contribution in [0.2, 0.25) is 0 Å². The number of ether oxygens (including phenoxy) is 3. The van der Waals surface area contributed by atoms with E-state index in [9.17, 15) is 19.2 Å². The highest BCUT2D eigenvalue weighted by Crippen LogP contribution is 2.34. The van der Waals surface area contributed by atoms with E-state index in [1.807, 2.05) is 38.1 Å². The van der Waals surface area contributed by atoms with Crippen LogP contribution in [0.4, 0.5) is 0 Å². The van der Waals surface area contributed by atoms with Crippen molar-refractivity contribution in [3.05, 3.63) is 103 Å². The van der Waals surface area contributed by atoms with Gasteiger partial charge in [-0.3, -0.25) is 14.3 Å². The first-order valence-electron chi connectivity index (χ1n) is 13.3. The lowest BCUT2D eigenvalue weighted by atomic mass is 10.0. The predicted molar refractivity (Wildman–Crippen MR) is 143 cm³/mol. The normalized spacial score (nSPS) is 21.1. The molecule has 1 aliphatic heterocycles. The highest BCUT2D eigenvalue weighted by Gasteiger charge is 2.41. The summed E-state index contributed by atoms with van der Waals surface area (Å²) in [5.41, 5.74) is 2.36. The summed E-state index contributed by atoms with van der Waals surface area (Å²) in [6.07, 6.45) is 3.16. The molecule has 1 aromatic heterocycles. The number of nitrogens with zero attached hydrogens (tertiary/aromatic N) is 1. The highest BCUT2D eigenvalue weighted by atomic mass is 16.6. The van der Waals surface area contributed by atoms with E-state index in [1.54, 1.807) is 30.5 Å². The molecule has 1 saturated carbocycles. The van der Waals surface area contributed by atoms with Crippen LogP contribution in [0, 0.1) is 13.8 Å². The van der Waals surface area contributed by atoms with Gasteiger partial charge in [-0.05, 0) is 56.9 Å². The average molecular weight is 533 g/mol. The number of hydrogen-bond acceptors (Lipinski definition) is 7. The van der Waals surface area contributed by atoms with Crippen LogP contribution in [0.15, 0.2) is 64.3 Å². The summed E-state index contributed by atoms with van der Waals surface area (Å²) in [6, 6.07) is 14.0. The lowest BCUT2D eigenvalue weighted by Gasteiger charge is -2.19. The molecule has 2 aromatic carbocycles. The fraction of sp³-hybridized carbons (Fsp3) is 0.400. The number of rotatable bonds is 7. The van der Waals surface area contributed by atoms with Crippen molar-refractivity contribution >= 4 is 11.9 Å². The number of hydrogen-bond donors (Lipinski definition) is 1. The first-order valence-corrected chi connectivity index (χ1v) is 13.3. The maximum Gasteiger partial charge on any atom is 0.338 e. The number of esters is 2. The average Bonchev–Trinajstić information content (AvgIpc) is 3.59. The molecule has 0 radical (unpaired) electrons. The molecule has 2 heterocycles. The first kappa shape index (κ1) is 26.6. The number of carbonyl (C=O) groups is 2. The third-order valence-corrected chi connectivity index (χ3v) is 7.49. The quantitative estimate of drug-likeness (QED) is 0.454. The number of nitrogens with one attached hydrogen (secondary N) is 1. The van der Waals surface area contributed by atoms with E-state index in [0.717, 1.165) is 36.8 Å². The highest BCUT2D eigenvalue weighted by molar-refractivity contribution is 5.90. The molecule has 0 amide bonds. The summed E-state index contributed by atoms with van der Waals surface area (Å²) in [7, 11) is 0. The van der Waals surface area contributed by atoms with Gasteiger partial charge in [-0.1, -0.05) is 48.2 Å². The van der Waals surface area contributed by atoms with Gasteiger partial charge in [-0.15, -0.1) is 0 Å².